The minimum Gasteiger partial charge on any atom is -0.496 e. The molecule has 1 aromatic carbocycles. The van der Waals surface area contributed by atoms with Gasteiger partial charge in [0.1, 0.15) is 11.8 Å². The van der Waals surface area contributed by atoms with E-state index < -0.39 is 0 Å². The van der Waals surface area contributed by atoms with Crippen molar-refractivity contribution in [1.82, 2.24) is 4.98 Å². The Hall–Kier alpha value is -2.34. The van der Waals surface area contributed by atoms with Crippen molar-refractivity contribution in [1.29, 1.82) is 5.26 Å². The lowest BCUT2D eigenvalue weighted by molar-refractivity contribution is 0.416. The Morgan fingerprint density at radius 3 is 2.50 bits per heavy atom. The Labute approximate surface area is 119 Å². The van der Waals surface area contributed by atoms with Gasteiger partial charge in [0.25, 0.3) is 0 Å². The monoisotopic (exact) mass is 266 g/mol. The molecule has 102 valence electrons. The second kappa shape index (κ2) is 5.34. The summed E-state index contributed by atoms with van der Waals surface area (Å²) in [5.74, 6) is 0.765. The molecule has 1 aromatic heterocycles. The number of rotatable bonds is 2. The van der Waals surface area contributed by atoms with Crippen LogP contribution < -0.4 is 4.74 Å². The number of methoxy groups -OCH3 is 1. The van der Waals surface area contributed by atoms with Crippen molar-refractivity contribution in [2.45, 2.75) is 26.2 Å². The van der Waals surface area contributed by atoms with E-state index in [0.717, 1.165) is 16.9 Å². The van der Waals surface area contributed by atoms with Gasteiger partial charge in [-0.2, -0.15) is 5.26 Å². The van der Waals surface area contributed by atoms with Crippen molar-refractivity contribution >= 4 is 0 Å². The summed E-state index contributed by atoms with van der Waals surface area (Å²) in [4.78, 5) is 4.01. The number of aromatic nitrogens is 1. The van der Waals surface area contributed by atoms with Crippen LogP contribution in [0.3, 0.4) is 0 Å². The molecule has 0 amide bonds. The molecule has 0 bridgehead atoms. The fourth-order valence-corrected chi connectivity index (χ4v) is 2.10. The molecule has 0 aliphatic heterocycles. The van der Waals surface area contributed by atoms with Gasteiger partial charge < -0.3 is 4.74 Å². The van der Waals surface area contributed by atoms with Crippen LogP contribution in [0.15, 0.2) is 36.7 Å². The van der Waals surface area contributed by atoms with Crippen LogP contribution in [0.1, 0.15) is 31.9 Å². The lowest BCUT2D eigenvalue weighted by Gasteiger charge is -2.21. The fourth-order valence-electron chi connectivity index (χ4n) is 2.10. The summed E-state index contributed by atoms with van der Waals surface area (Å²) in [6.45, 7) is 6.49. The molecule has 0 saturated carbocycles. The SMILES string of the molecule is COc1ccc(C(C)(C)C)cc1-c1ccncc1C#N. The smallest absolute Gasteiger partial charge is 0.126 e. The largest absolute Gasteiger partial charge is 0.496 e. The first-order valence-electron chi connectivity index (χ1n) is 6.50. The topological polar surface area (TPSA) is 45.9 Å². The second-order valence-corrected chi connectivity index (χ2v) is 5.70. The highest BCUT2D eigenvalue weighted by Crippen LogP contribution is 2.35. The standard InChI is InChI=1S/C17H18N2O/c1-17(2,3)13-5-6-16(20-4)15(9-13)14-7-8-19-11-12(14)10-18/h5-9,11H,1-4H3. The number of hydrogen-bond donors (Lipinski definition) is 0. The van der Waals surface area contributed by atoms with E-state index in [1.54, 1.807) is 19.5 Å². The summed E-state index contributed by atoms with van der Waals surface area (Å²) >= 11 is 0. The Morgan fingerprint density at radius 2 is 1.90 bits per heavy atom. The summed E-state index contributed by atoms with van der Waals surface area (Å²) in [7, 11) is 1.64. The molecule has 1 heterocycles. The molecule has 3 nitrogen and oxygen atoms in total. The predicted molar refractivity (Wildman–Crippen MR) is 79.6 cm³/mol. The first-order valence-corrected chi connectivity index (χ1v) is 6.50. The van der Waals surface area contributed by atoms with Gasteiger partial charge in [-0.3, -0.25) is 4.98 Å². The molecule has 0 saturated heterocycles. The van der Waals surface area contributed by atoms with Crippen LogP contribution in [0.4, 0.5) is 0 Å². The van der Waals surface area contributed by atoms with Crippen molar-refractivity contribution < 1.29 is 4.74 Å². The van der Waals surface area contributed by atoms with Gasteiger partial charge in [-0.25, -0.2) is 0 Å². The van der Waals surface area contributed by atoms with Gasteiger partial charge in [-0.15, -0.1) is 0 Å². The third-order valence-electron chi connectivity index (χ3n) is 3.30. The Bertz CT molecular complexity index is 663. The molecular weight excluding hydrogens is 248 g/mol. The molecule has 0 aliphatic rings. The maximum Gasteiger partial charge on any atom is 0.126 e. The Morgan fingerprint density at radius 1 is 1.15 bits per heavy atom. The molecule has 0 aliphatic carbocycles. The molecule has 0 radical (unpaired) electrons. The summed E-state index contributed by atoms with van der Waals surface area (Å²) in [6.07, 6.45) is 3.28. The van der Waals surface area contributed by atoms with E-state index in [2.05, 4.69) is 44.0 Å². The van der Waals surface area contributed by atoms with Crippen molar-refractivity contribution in [3.05, 3.63) is 47.8 Å². The molecule has 0 unspecified atom stereocenters. The molecule has 20 heavy (non-hydrogen) atoms. The van der Waals surface area contributed by atoms with Gasteiger partial charge >= 0.3 is 0 Å². The van der Waals surface area contributed by atoms with E-state index in [9.17, 15) is 5.26 Å². The lowest BCUT2D eigenvalue weighted by atomic mass is 9.85. The minimum absolute atomic E-state index is 0.0425. The highest BCUT2D eigenvalue weighted by atomic mass is 16.5. The zero-order chi connectivity index (χ0) is 14.8. The van der Waals surface area contributed by atoms with E-state index in [-0.39, 0.29) is 5.41 Å². The Balaban J connectivity index is 2.69. The maximum atomic E-state index is 9.24. The van der Waals surface area contributed by atoms with Gasteiger partial charge in [0.2, 0.25) is 0 Å². The zero-order valence-corrected chi connectivity index (χ0v) is 12.3. The van der Waals surface area contributed by atoms with Crippen molar-refractivity contribution in [2.24, 2.45) is 0 Å². The number of ether oxygens (including phenoxy) is 1. The zero-order valence-electron chi connectivity index (χ0n) is 12.3. The average molecular weight is 266 g/mol. The van der Waals surface area contributed by atoms with Crippen LogP contribution in [0.25, 0.3) is 11.1 Å². The third-order valence-corrected chi connectivity index (χ3v) is 3.30. The van der Waals surface area contributed by atoms with Crippen LogP contribution in [0.2, 0.25) is 0 Å². The molecule has 3 heteroatoms. The molecule has 2 rings (SSSR count). The molecule has 0 atom stereocenters. The number of pyridine rings is 1. The molecule has 2 aromatic rings. The highest BCUT2D eigenvalue weighted by Gasteiger charge is 2.18. The number of nitrogens with zero attached hydrogens (tertiary/aromatic N) is 2. The summed E-state index contributed by atoms with van der Waals surface area (Å²) in [6, 6.07) is 10.1. The summed E-state index contributed by atoms with van der Waals surface area (Å²) < 4.78 is 5.44. The first kappa shape index (κ1) is 14.1. The van der Waals surface area contributed by atoms with Crippen LogP contribution >= 0.6 is 0 Å². The molecule has 0 N–H and O–H groups in total. The van der Waals surface area contributed by atoms with Crippen LogP contribution in [-0.4, -0.2) is 12.1 Å². The highest BCUT2D eigenvalue weighted by molar-refractivity contribution is 5.76. The van der Waals surface area contributed by atoms with E-state index in [4.69, 9.17) is 4.74 Å². The number of nitriles is 1. The van der Waals surface area contributed by atoms with E-state index in [1.807, 2.05) is 12.1 Å². The molecule has 0 spiro atoms. The normalized spacial score (nSPS) is 10.9. The van der Waals surface area contributed by atoms with Gasteiger partial charge in [-0.1, -0.05) is 26.8 Å². The number of hydrogen-bond acceptors (Lipinski definition) is 3. The van der Waals surface area contributed by atoms with Gasteiger partial charge in [0.05, 0.1) is 12.7 Å². The second-order valence-electron chi connectivity index (χ2n) is 5.70. The molecule has 0 fully saturated rings. The third kappa shape index (κ3) is 2.65. The van der Waals surface area contributed by atoms with Crippen LogP contribution in [0, 0.1) is 11.3 Å². The van der Waals surface area contributed by atoms with Crippen molar-refractivity contribution in [3.8, 4) is 22.9 Å². The first-order chi connectivity index (χ1) is 9.47. The quantitative estimate of drug-likeness (QED) is 0.827. The van der Waals surface area contributed by atoms with Gasteiger partial charge in [0.15, 0.2) is 0 Å². The summed E-state index contributed by atoms with van der Waals surface area (Å²) in [5, 5.41) is 9.24. The van der Waals surface area contributed by atoms with Crippen molar-refractivity contribution in [2.75, 3.05) is 7.11 Å². The van der Waals surface area contributed by atoms with Crippen LogP contribution in [-0.2, 0) is 5.41 Å². The van der Waals surface area contributed by atoms with Gasteiger partial charge in [0, 0.05) is 23.5 Å². The lowest BCUT2D eigenvalue weighted by Crippen LogP contribution is -2.11. The minimum atomic E-state index is 0.0425. The Kier molecular flexibility index (Phi) is 3.76. The van der Waals surface area contributed by atoms with E-state index >= 15 is 0 Å². The predicted octanol–water partition coefficient (Wildman–Crippen LogP) is 3.93. The fraction of sp³-hybridized carbons (Fsp3) is 0.294. The van der Waals surface area contributed by atoms with Crippen LogP contribution in [0.5, 0.6) is 5.75 Å². The molecular formula is C17H18N2O. The van der Waals surface area contributed by atoms with Crippen molar-refractivity contribution in [3.63, 3.8) is 0 Å². The van der Waals surface area contributed by atoms with E-state index in [0.29, 0.717) is 5.56 Å². The maximum absolute atomic E-state index is 9.24. The average Bonchev–Trinajstić information content (AvgIpc) is 2.45. The summed E-state index contributed by atoms with van der Waals surface area (Å²) in [5.41, 5.74) is 3.58. The van der Waals surface area contributed by atoms with Gasteiger partial charge in [-0.05, 0) is 29.2 Å². The van der Waals surface area contributed by atoms with E-state index in [1.165, 1.54) is 5.56 Å². The number of benzene rings is 1.